The van der Waals surface area contributed by atoms with E-state index in [1.54, 1.807) is 19.1 Å². The molecule has 5 nitrogen and oxygen atoms in total. The molecular formula is C18H27NO4. The number of ether oxygens (including phenoxy) is 3. The Morgan fingerprint density at radius 1 is 1.17 bits per heavy atom. The minimum atomic E-state index is -0.513. The first-order valence-corrected chi connectivity index (χ1v) is 7.94. The van der Waals surface area contributed by atoms with Crippen molar-refractivity contribution in [3.05, 3.63) is 23.3 Å². The van der Waals surface area contributed by atoms with E-state index >= 15 is 0 Å². The molecule has 1 aromatic rings. The van der Waals surface area contributed by atoms with Crippen molar-refractivity contribution in [3.8, 4) is 11.5 Å². The third-order valence-corrected chi connectivity index (χ3v) is 4.09. The topological polar surface area (TPSA) is 48.0 Å². The van der Waals surface area contributed by atoms with Gasteiger partial charge in [-0.2, -0.15) is 0 Å². The molecule has 0 unspecified atom stereocenters. The summed E-state index contributed by atoms with van der Waals surface area (Å²) in [6, 6.07) is 3.81. The lowest BCUT2D eigenvalue weighted by molar-refractivity contribution is 0.00555. The van der Waals surface area contributed by atoms with Crippen LogP contribution in [0.2, 0.25) is 0 Å². The molecule has 0 saturated heterocycles. The predicted molar refractivity (Wildman–Crippen MR) is 89.2 cm³/mol. The highest BCUT2D eigenvalue weighted by atomic mass is 16.6. The molecule has 2 rings (SSSR count). The van der Waals surface area contributed by atoms with E-state index in [0.717, 1.165) is 29.0 Å². The van der Waals surface area contributed by atoms with Crippen molar-refractivity contribution in [3.63, 3.8) is 0 Å². The zero-order valence-electron chi connectivity index (χ0n) is 15.1. The van der Waals surface area contributed by atoms with Gasteiger partial charge in [-0.05, 0) is 52.7 Å². The molecule has 0 fully saturated rings. The second-order valence-electron chi connectivity index (χ2n) is 7.02. The van der Waals surface area contributed by atoms with Crippen LogP contribution in [0.1, 0.15) is 51.8 Å². The third-order valence-electron chi connectivity index (χ3n) is 4.09. The second-order valence-corrected chi connectivity index (χ2v) is 7.02. The molecule has 0 saturated carbocycles. The largest absolute Gasteiger partial charge is 0.497 e. The lowest BCUT2D eigenvalue weighted by Crippen LogP contribution is -2.47. The van der Waals surface area contributed by atoms with Gasteiger partial charge in [-0.1, -0.05) is 0 Å². The van der Waals surface area contributed by atoms with Crippen LogP contribution in [-0.2, 0) is 11.2 Å². The summed E-state index contributed by atoms with van der Waals surface area (Å²) in [5, 5.41) is 0. The Morgan fingerprint density at radius 3 is 2.35 bits per heavy atom. The Hall–Kier alpha value is -1.91. The van der Waals surface area contributed by atoms with Crippen molar-refractivity contribution in [2.45, 2.75) is 58.7 Å². The summed E-state index contributed by atoms with van der Waals surface area (Å²) in [5.74, 6) is 1.51. The SMILES string of the molecule is COc1cc2c(c(OC)c1)[C@@H](C)N(C(=O)OC(C)(C)C)[C@@H](C)C2. The van der Waals surface area contributed by atoms with Crippen molar-refractivity contribution in [1.29, 1.82) is 0 Å². The highest BCUT2D eigenvalue weighted by Crippen LogP contribution is 2.41. The summed E-state index contributed by atoms with van der Waals surface area (Å²) < 4.78 is 16.5. The molecule has 2 atom stereocenters. The predicted octanol–water partition coefficient (Wildman–Crippen LogP) is 3.95. The summed E-state index contributed by atoms with van der Waals surface area (Å²) in [4.78, 5) is 14.4. The fraction of sp³-hybridized carbons (Fsp3) is 0.611. The van der Waals surface area contributed by atoms with Gasteiger partial charge in [0.1, 0.15) is 17.1 Å². The zero-order valence-corrected chi connectivity index (χ0v) is 15.1. The van der Waals surface area contributed by atoms with Gasteiger partial charge in [0.2, 0.25) is 0 Å². The first kappa shape index (κ1) is 17.4. The standard InChI is InChI=1S/C18H27NO4/c1-11-8-13-9-14(21-6)10-15(22-7)16(13)12(2)19(11)17(20)23-18(3,4)5/h9-12H,8H2,1-7H3/t11-,12+/m0/s1. The summed E-state index contributed by atoms with van der Waals surface area (Å²) in [6.07, 6.45) is 0.452. The van der Waals surface area contributed by atoms with Gasteiger partial charge in [-0.15, -0.1) is 0 Å². The Morgan fingerprint density at radius 2 is 1.83 bits per heavy atom. The lowest BCUT2D eigenvalue weighted by Gasteiger charge is -2.41. The molecule has 5 heteroatoms. The Balaban J connectivity index is 2.41. The Kier molecular flexibility index (Phi) is 4.78. The van der Waals surface area contributed by atoms with Crippen LogP contribution in [0.15, 0.2) is 12.1 Å². The van der Waals surface area contributed by atoms with Crippen molar-refractivity contribution in [2.75, 3.05) is 14.2 Å². The molecule has 0 N–H and O–H groups in total. The number of hydrogen-bond donors (Lipinski definition) is 0. The molecule has 128 valence electrons. The van der Waals surface area contributed by atoms with E-state index in [0.29, 0.717) is 0 Å². The molecule has 0 radical (unpaired) electrons. The number of methoxy groups -OCH3 is 2. The second kappa shape index (κ2) is 6.30. The third kappa shape index (κ3) is 3.54. The minimum absolute atomic E-state index is 0.0455. The summed E-state index contributed by atoms with van der Waals surface area (Å²) in [7, 11) is 3.28. The van der Waals surface area contributed by atoms with Crippen molar-refractivity contribution in [1.82, 2.24) is 4.90 Å². The van der Waals surface area contributed by atoms with Crippen LogP contribution in [0.4, 0.5) is 4.79 Å². The quantitative estimate of drug-likeness (QED) is 0.827. The van der Waals surface area contributed by atoms with Crippen molar-refractivity contribution in [2.24, 2.45) is 0 Å². The minimum Gasteiger partial charge on any atom is -0.497 e. The van der Waals surface area contributed by atoms with Gasteiger partial charge < -0.3 is 14.2 Å². The molecule has 1 aliphatic rings. The fourth-order valence-electron chi connectivity index (χ4n) is 3.18. The number of carbonyl (C=O) groups is 1. The van der Waals surface area contributed by atoms with Crippen molar-refractivity contribution < 1.29 is 19.0 Å². The van der Waals surface area contributed by atoms with E-state index in [1.165, 1.54) is 0 Å². The van der Waals surface area contributed by atoms with E-state index in [-0.39, 0.29) is 18.2 Å². The van der Waals surface area contributed by atoms with E-state index in [2.05, 4.69) is 0 Å². The molecule has 23 heavy (non-hydrogen) atoms. The van der Waals surface area contributed by atoms with Crippen LogP contribution in [0.25, 0.3) is 0 Å². The van der Waals surface area contributed by atoms with Crippen LogP contribution >= 0.6 is 0 Å². The monoisotopic (exact) mass is 321 g/mol. The first-order valence-electron chi connectivity index (χ1n) is 7.94. The van der Waals surface area contributed by atoms with E-state index < -0.39 is 5.60 Å². The molecule has 0 aromatic heterocycles. The Labute approximate surface area is 138 Å². The van der Waals surface area contributed by atoms with Gasteiger partial charge in [0.05, 0.1) is 20.3 Å². The van der Waals surface area contributed by atoms with Crippen LogP contribution in [0.5, 0.6) is 11.5 Å². The smallest absolute Gasteiger partial charge is 0.411 e. The molecule has 1 heterocycles. The maximum absolute atomic E-state index is 12.6. The molecular weight excluding hydrogens is 294 g/mol. The molecule has 1 aromatic carbocycles. The van der Waals surface area contributed by atoms with Gasteiger partial charge in [0, 0.05) is 17.7 Å². The number of hydrogen-bond acceptors (Lipinski definition) is 4. The molecule has 1 aliphatic heterocycles. The normalized spacial score (nSPS) is 20.7. The van der Waals surface area contributed by atoms with Crippen LogP contribution in [0.3, 0.4) is 0 Å². The lowest BCUT2D eigenvalue weighted by atomic mass is 9.88. The van der Waals surface area contributed by atoms with Crippen LogP contribution in [-0.4, -0.2) is 36.9 Å². The number of amides is 1. The highest BCUT2D eigenvalue weighted by Gasteiger charge is 2.37. The van der Waals surface area contributed by atoms with Gasteiger partial charge in [0.25, 0.3) is 0 Å². The zero-order chi connectivity index (χ0) is 17.4. The summed E-state index contributed by atoms with van der Waals surface area (Å²) in [6.45, 7) is 9.68. The maximum atomic E-state index is 12.6. The molecule has 1 amide bonds. The van der Waals surface area contributed by atoms with E-state index in [9.17, 15) is 4.79 Å². The van der Waals surface area contributed by atoms with E-state index in [1.807, 2.05) is 46.8 Å². The number of carbonyl (C=O) groups excluding carboxylic acids is 1. The molecule has 0 bridgehead atoms. The summed E-state index contributed by atoms with van der Waals surface area (Å²) in [5.41, 5.74) is 1.67. The van der Waals surface area contributed by atoms with Gasteiger partial charge >= 0.3 is 6.09 Å². The highest BCUT2D eigenvalue weighted by molar-refractivity contribution is 5.70. The van der Waals surface area contributed by atoms with Crippen molar-refractivity contribution >= 4 is 6.09 Å². The van der Waals surface area contributed by atoms with Crippen LogP contribution < -0.4 is 9.47 Å². The van der Waals surface area contributed by atoms with E-state index in [4.69, 9.17) is 14.2 Å². The maximum Gasteiger partial charge on any atom is 0.411 e. The first-order chi connectivity index (χ1) is 10.7. The van der Waals surface area contributed by atoms with Gasteiger partial charge in [0.15, 0.2) is 0 Å². The average molecular weight is 321 g/mol. The average Bonchev–Trinajstić information content (AvgIpc) is 2.43. The number of nitrogens with zero attached hydrogens (tertiary/aromatic N) is 1. The molecule has 0 aliphatic carbocycles. The number of rotatable bonds is 2. The Bertz CT molecular complexity index is 591. The molecule has 0 spiro atoms. The number of benzene rings is 1. The summed E-state index contributed by atoms with van der Waals surface area (Å²) >= 11 is 0. The van der Waals surface area contributed by atoms with Crippen LogP contribution in [0, 0.1) is 0 Å². The number of fused-ring (bicyclic) bond motifs is 1. The van der Waals surface area contributed by atoms with Gasteiger partial charge in [-0.25, -0.2) is 4.79 Å². The van der Waals surface area contributed by atoms with Gasteiger partial charge in [-0.3, -0.25) is 4.90 Å². The fourth-order valence-corrected chi connectivity index (χ4v) is 3.18.